The molecule has 0 aliphatic carbocycles. The van der Waals surface area contributed by atoms with Gasteiger partial charge in [-0.05, 0) is 53.6 Å². The van der Waals surface area contributed by atoms with Crippen LogP contribution >= 0.6 is 0 Å². The van der Waals surface area contributed by atoms with Crippen LogP contribution in [0.3, 0.4) is 0 Å². The van der Waals surface area contributed by atoms with Crippen LogP contribution in [0.5, 0.6) is 0 Å². The number of rotatable bonds is 6. The third-order valence-corrected chi connectivity index (χ3v) is 5.50. The van der Waals surface area contributed by atoms with Crippen molar-refractivity contribution in [1.29, 1.82) is 0 Å². The fraction of sp³-hybridized carbons (Fsp3) is 0.192. The number of carbonyl (C=O) groups is 1. The molecule has 3 nitrogen and oxygen atoms in total. The third-order valence-electron chi connectivity index (χ3n) is 5.50. The molecule has 0 aromatic heterocycles. The molecule has 4 rings (SSSR count). The molecular weight excluding hydrogens is 356 g/mol. The van der Waals surface area contributed by atoms with Crippen molar-refractivity contribution in [2.75, 3.05) is 11.4 Å². The molecule has 2 N–H and O–H groups in total. The van der Waals surface area contributed by atoms with E-state index in [0.29, 0.717) is 0 Å². The maximum absolute atomic E-state index is 11.6. The summed E-state index contributed by atoms with van der Waals surface area (Å²) in [6.45, 7) is 0.887. The van der Waals surface area contributed by atoms with Crippen molar-refractivity contribution in [3.63, 3.8) is 0 Å². The summed E-state index contributed by atoms with van der Waals surface area (Å²) in [7, 11) is 0. The number of nitrogens with two attached hydrogens (primary N) is 1. The van der Waals surface area contributed by atoms with Crippen LogP contribution in [-0.2, 0) is 11.2 Å². The number of amides is 1. The third kappa shape index (κ3) is 4.75. The molecule has 0 saturated carbocycles. The molecule has 1 aliphatic rings. The number of anilines is 1. The topological polar surface area (TPSA) is 46.3 Å². The van der Waals surface area contributed by atoms with Crippen molar-refractivity contribution >= 4 is 23.7 Å². The number of primary amides is 1. The van der Waals surface area contributed by atoms with E-state index in [1.807, 2.05) is 6.07 Å². The maximum atomic E-state index is 11.6. The number of carbonyl (C=O) groups excluding carboxylic acids is 1. The Kier molecular flexibility index (Phi) is 5.76. The van der Waals surface area contributed by atoms with Gasteiger partial charge < -0.3 is 10.6 Å². The number of benzene rings is 3. The first-order chi connectivity index (χ1) is 14.2. The van der Waals surface area contributed by atoms with Crippen molar-refractivity contribution in [2.24, 2.45) is 5.73 Å². The minimum absolute atomic E-state index is 0.175. The lowest BCUT2D eigenvalue weighted by Crippen LogP contribution is -2.40. The van der Waals surface area contributed by atoms with E-state index in [-0.39, 0.29) is 11.9 Å². The highest BCUT2D eigenvalue weighted by Crippen LogP contribution is 2.26. The zero-order chi connectivity index (χ0) is 20.1. The van der Waals surface area contributed by atoms with Gasteiger partial charge in [0.05, 0.1) is 0 Å². The molecular formula is C26H26N2O. The van der Waals surface area contributed by atoms with Crippen LogP contribution in [0, 0.1) is 0 Å². The predicted octanol–water partition coefficient (Wildman–Crippen LogP) is 4.90. The van der Waals surface area contributed by atoms with E-state index < -0.39 is 0 Å². The van der Waals surface area contributed by atoms with E-state index in [0.717, 1.165) is 37.1 Å². The number of hydrogen-bond acceptors (Lipinski definition) is 2. The summed E-state index contributed by atoms with van der Waals surface area (Å²) in [5.74, 6) is -0.234. The molecule has 3 aromatic rings. The lowest BCUT2D eigenvalue weighted by atomic mass is 10.0. The average Bonchev–Trinajstić information content (AvgIpc) is 3.25. The fourth-order valence-electron chi connectivity index (χ4n) is 3.92. The Morgan fingerprint density at radius 3 is 2.07 bits per heavy atom. The van der Waals surface area contributed by atoms with E-state index in [4.69, 9.17) is 5.73 Å². The van der Waals surface area contributed by atoms with E-state index in [1.165, 1.54) is 16.7 Å². The van der Waals surface area contributed by atoms with Crippen LogP contribution in [0.4, 0.5) is 5.69 Å². The van der Waals surface area contributed by atoms with Crippen molar-refractivity contribution in [3.8, 4) is 0 Å². The summed E-state index contributed by atoms with van der Waals surface area (Å²) in [4.78, 5) is 13.7. The summed E-state index contributed by atoms with van der Waals surface area (Å²) >= 11 is 0. The molecule has 1 saturated heterocycles. The molecule has 0 spiro atoms. The minimum atomic E-state index is -0.234. The predicted molar refractivity (Wildman–Crippen MR) is 121 cm³/mol. The summed E-state index contributed by atoms with van der Waals surface area (Å²) in [5, 5.41) is 0. The van der Waals surface area contributed by atoms with Gasteiger partial charge in [0.1, 0.15) is 6.04 Å². The zero-order valence-electron chi connectivity index (χ0n) is 16.5. The molecule has 29 heavy (non-hydrogen) atoms. The normalized spacial score (nSPS) is 16.4. The minimum Gasteiger partial charge on any atom is -0.368 e. The van der Waals surface area contributed by atoms with Crippen LogP contribution in [0.15, 0.2) is 78.9 Å². The molecule has 1 amide bonds. The first-order valence-electron chi connectivity index (χ1n) is 10.2. The van der Waals surface area contributed by atoms with Gasteiger partial charge in [-0.25, -0.2) is 0 Å². The second-order valence-corrected chi connectivity index (χ2v) is 7.58. The molecule has 1 atom stereocenters. The Bertz CT molecular complexity index is 975. The van der Waals surface area contributed by atoms with Crippen molar-refractivity contribution < 1.29 is 4.79 Å². The van der Waals surface area contributed by atoms with Gasteiger partial charge in [0.15, 0.2) is 0 Å². The quantitative estimate of drug-likeness (QED) is 0.616. The van der Waals surface area contributed by atoms with E-state index in [9.17, 15) is 4.79 Å². The van der Waals surface area contributed by atoms with E-state index >= 15 is 0 Å². The number of hydrogen-bond donors (Lipinski definition) is 1. The summed E-state index contributed by atoms with van der Waals surface area (Å²) < 4.78 is 0. The first-order valence-corrected chi connectivity index (χ1v) is 10.2. The Morgan fingerprint density at radius 2 is 1.45 bits per heavy atom. The van der Waals surface area contributed by atoms with Gasteiger partial charge in [0, 0.05) is 12.2 Å². The lowest BCUT2D eigenvalue weighted by molar-refractivity contribution is -0.119. The summed E-state index contributed by atoms with van der Waals surface area (Å²) in [5.41, 5.74) is 11.5. The molecule has 1 aliphatic heterocycles. The standard InChI is InChI=1S/C26H26N2O/c27-26(29)25-7-4-18-28(25)24-16-14-21(15-17-24)9-8-20-10-12-23(13-11-20)19-22-5-2-1-3-6-22/h1-3,5-6,8-17,25H,4,7,18-19H2,(H2,27,29)/b9-8+/t25-/m1/s1. The van der Waals surface area contributed by atoms with E-state index in [2.05, 4.69) is 89.8 Å². The monoisotopic (exact) mass is 382 g/mol. The molecule has 3 aromatic carbocycles. The van der Waals surface area contributed by atoms with Gasteiger partial charge in [0.25, 0.3) is 0 Å². The molecule has 1 fully saturated rings. The lowest BCUT2D eigenvalue weighted by Gasteiger charge is -2.24. The second kappa shape index (κ2) is 8.78. The average molecular weight is 383 g/mol. The Morgan fingerprint density at radius 1 is 0.862 bits per heavy atom. The van der Waals surface area contributed by atoms with Crippen LogP contribution in [0.25, 0.3) is 12.2 Å². The van der Waals surface area contributed by atoms with Crippen LogP contribution in [0.1, 0.15) is 35.1 Å². The highest BCUT2D eigenvalue weighted by Gasteiger charge is 2.28. The van der Waals surface area contributed by atoms with Crippen LogP contribution in [-0.4, -0.2) is 18.5 Å². The van der Waals surface area contributed by atoms with Gasteiger partial charge in [0.2, 0.25) is 5.91 Å². The molecule has 0 bridgehead atoms. The number of nitrogens with zero attached hydrogens (tertiary/aromatic N) is 1. The summed E-state index contributed by atoms with van der Waals surface area (Å²) in [6, 6.07) is 27.4. The van der Waals surface area contributed by atoms with Crippen LogP contribution < -0.4 is 10.6 Å². The summed E-state index contributed by atoms with van der Waals surface area (Å²) in [6.07, 6.45) is 7.05. The molecule has 3 heteroatoms. The van der Waals surface area contributed by atoms with Gasteiger partial charge >= 0.3 is 0 Å². The van der Waals surface area contributed by atoms with Crippen LogP contribution in [0.2, 0.25) is 0 Å². The molecule has 0 unspecified atom stereocenters. The highest BCUT2D eigenvalue weighted by molar-refractivity contribution is 5.84. The SMILES string of the molecule is NC(=O)[C@H]1CCCN1c1ccc(/C=C/c2ccc(Cc3ccccc3)cc2)cc1. The van der Waals surface area contributed by atoms with Gasteiger partial charge in [-0.15, -0.1) is 0 Å². The van der Waals surface area contributed by atoms with Gasteiger partial charge in [-0.2, -0.15) is 0 Å². The van der Waals surface area contributed by atoms with Crippen molar-refractivity contribution in [3.05, 3.63) is 101 Å². The maximum Gasteiger partial charge on any atom is 0.240 e. The van der Waals surface area contributed by atoms with Crippen molar-refractivity contribution in [1.82, 2.24) is 0 Å². The van der Waals surface area contributed by atoms with Gasteiger partial charge in [-0.1, -0.05) is 78.9 Å². The Balaban J connectivity index is 1.39. The zero-order valence-corrected chi connectivity index (χ0v) is 16.5. The molecule has 146 valence electrons. The Hall–Kier alpha value is -3.33. The fourth-order valence-corrected chi connectivity index (χ4v) is 3.92. The Labute approximate surface area is 172 Å². The largest absolute Gasteiger partial charge is 0.368 e. The van der Waals surface area contributed by atoms with Gasteiger partial charge in [-0.3, -0.25) is 4.79 Å². The van der Waals surface area contributed by atoms with Crippen molar-refractivity contribution in [2.45, 2.75) is 25.3 Å². The first kappa shape index (κ1) is 19.0. The molecule has 1 heterocycles. The highest BCUT2D eigenvalue weighted by atomic mass is 16.1. The van der Waals surface area contributed by atoms with E-state index in [1.54, 1.807) is 0 Å². The second-order valence-electron chi connectivity index (χ2n) is 7.58. The molecule has 0 radical (unpaired) electrons. The smallest absolute Gasteiger partial charge is 0.240 e.